The van der Waals surface area contributed by atoms with Crippen LogP contribution < -0.4 is 32.3 Å². The Bertz CT molecular complexity index is 1250. The van der Waals surface area contributed by atoms with Crippen LogP contribution in [0.25, 0.3) is 0 Å². The van der Waals surface area contributed by atoms with Gasteiger partial charge in [0.05, 0.1) is 12.6 Å². The summed E-state index contributed by atoms with van der Waals surface area (Å²) in [5.74, 6) is -6.06. The molecule has 5 amide bonds. The zero-order valence-corrected chi connectivity index (χ0v) is 28.4. The lowest BCUT2D eigenvalue weighted by molar-refractivity contribution is -0.143. The molecule has 16 nitrogen and oxygen atoms in total. The normalized spacial score (nSPS) is 14.7. The number of hydrogen-bond donors (Lipinski definition) is 9. The Morgan fingerprint density at radius 3 is 1.79 bits per heavy atom. The number of thioether (sulfide) groups is 1. The van der Waals surface area contributed by atoms with Gasteiger partial charge in [0.2, 0.25) is 29.5 Å². The highest BCUT2D eigenvalue weighted by Gasteiger charge is 2.32. The number of rotatable bonds is 22. The van der Waals surface area contributed by atoms with Gasteiger partial charge in [-0.2, -0.15) is 11.8 Å². The van der Waals surface area contributed by atoms with E-state index in [0.717, 1.165) is 0 Å². The minimum absolute atomic E-state index is 0.0574. The number of benzene rings is 1. The molecule has 0 heterocycles. The van der Waals surface area contributed by atoms with Gasteiger partial charge in [0.1, 0.15) is 30.2 Å². The predicted octanol–water partition coefficient (Wildman–Crippen LogP) is -1.26. The van der Waals surface area contributed by atoms with Crippen LogP contribution in [0.3, 0.4) is 0 Å². The number of aliphatic hydroxyl groups is 1. The molecule has 0 bridgehead atoms. The quantitative estimate of drug-likeness (QED) is 0.0688. The van der Waals surface area contributed by atoms with E-state index in [9.17, 15) is 48.9 Å². The minimum Gasteiger partial charge on any atom is -0.481 e. The molecule has 0 aliphatic heterocycles. The van der Waals surface area contributed by atoms with Gasteiger partial charge in [0.25, 0.3) is 0 Å². The zero-order valence-electron chi connectivity index (χ0n) is 27.6. The van der Waals surface area contributed by atoms with Crippen molar-refractivity contribution in [1.29, 1.82) is 0 Å². The molecule has 0 saturated heterocycles. The summed E-state index contributed by atoms with van der Waals surface area (Å²) in [6, 6.07) is 0.909. The maximum absolute atomic E-state index is 13.3. The number of aliphatic carboxylic acids is 2. The summed E-state index contributed by atoms with van der Waals surface area (Å²) < 4.78 is 0. The average molecular weight is 697 g/mol. The number of carbonyl (C=O) groups excluding carboxylic acids is 5. The second kappa shape index (κ2) is 21.6. The molecule has 0 aliphatic rings. The van der Waals surface area contributed by atoms with E-state index >= 15 is 0 Å². The molecule has 6 atom stereocenters. The molecule has 268 valence electrons. The van der Waals surface area contributed by atoms with E-state index in [2.05, 4.69) is 26.6 Å². The van der Waals surface area contributed by atoms with E-state index in [1.807, 2.05) is 20.1 Å². The molecule has 0 radical (unpaired) electrons. The second-order valence-electron chi connectivity index (χ2n) is 11.6. The first-order valence-electron chi connectivity index (χ1n) is 15.4. The van der Waals surface area contributed by atoms with E-state index in [0.29, 0.717) is 17.7 Å². The lowest BCUT2D eigenvalue weighted by atomic mass is 10.0. The highest BCUT2D eigenvalue weighted by molar-refractivity contribution is 7.98. The van der Waals surface area contributed by atoms with Crippen molar-refractivity contribution in [2.45, 2.75) is 89.1 Å². The fourth-order valence-electron chi connectivity index (χ4n) is 4.40. The third-order valence-corrected chi connectivity index (χ3v) is 7.69. The number of aliphatic hydroxyl groups excluding tert-OH is 1. The molecule has 0 saturated carbocycles. The smallest absolute Gasteiger partial charge is 0.328 e. The lowest BCUT2D eigenvalue weighted by Crippen LogP contribution is -2.59. The SMILES string of the molecule is CSCC[C@H](NC(=O)[C@@H](N)CC(C)C)C(=O)N[C@@H](CCC(=O)O)C(=O)N[C@@H](C)C(=O)N[C@@H](Cc1ccccc1)C(=O)N[C@@H](CO)C(=O)O. The van der Waals surface area contributed by atoms with Crippen molar-refractivity contribution >= 4 is 53.2 Å². The maximum Gasteiger partial charge on any atom is 0.328 e. The van der Waals surface area contributed by atoms with Crippen molar-refractivity contribution in [2.24, 2.45) is 11.7 Å². The molecule has 0 fully saturated rings. The molecular weight excluding hydrogens is 648 g/mol. The highest BCUT2D eigenvalue weighted by Crippen LogP contribution is 2.08. The van der Waals surface area contributed by atoms with Crippen LogP contribution in [0.4, 0.5) is 0 Å². The van der Waals surface area contributed by atoms with Crippen LogP contribution in [-0.4, -0.2) is 112 Å². The van der Waals surface area contributed by atoms with Crippen LogP contribution in [-0.2, 0) is 40.0 Å². The van der Waals surface area contributed by atoms with Crippen LogP contribution in [0.1, 0.15) is 52.0 Å². The molecule has 1 aromatic rings. The molecule has 0 aliphatic carbocycles. The highest BCUT2D eigenvalue weighted by atomic mass is 32.2. The number of amides is 5. The number of hydrogen-bond acceptors (Lipinski definition) is 10. The van der Waals surface area contributed by atoms with Gasteiger partial charge >= 0.3 is 11.9 Å². The van der Waals surface area contributed by atoms with Gasteiger partial charge in [0, 0.05) is 12.8 Å². The van der Waals surface area contributed by atoms with Crippen molar-refractivity contribution in [3.63, 3.8) is 0 Å². The average Bonchev–Trinajstić information content (AvgIpc) is 3.02. The van der Waals surface area contributed by atoms with E-state index in [1.54, 1.807) is 30.3 Å². The first-order chi connectivity index (χ1) is 22.6. The third kappa shape index (κ3) is 15.6. The van der Waals surface area contributed by atoms with E-state index in [4.69, 9.17) is 5.73 Å². The Labute approximate surface area is 283 Å². The fraction of sp³-hybridized carbons (Fsp3) is 0.581. The summed E-state index contributed by atoms with van der Waals surface area (Å²) >= 11 is 1.42. The predicted molar refractivity (Wildman–Crippen MR) is 177 cm³/mol. The molecule has 1 rings (SSSR count). The van der Waals surface area contributed by atoms with Gasteiger partial charge in [-0.05, 0) is 49.7 Å². The summed E-state index contributed by atoms with van der Waals surface area (Å²) in [5, 5.41) is 39.9. The van der Waals surface area contributed by atoms with Crippen molar-refractivity contribution in [1.82, 2.24) is 26.6 Å². The van der Waals surface area contributed by atoms with Crippen molar-refractivity contribution in [2.75, 3.05) is 18.6 Å². The van der Waals surface area contributed by atoms with E-state index in [-0.39, 0.29) is 25.2 Å². The number of nitrogens with two attached hydrogens (primary N) is 1. The van der Waals surface area contributed by atoms with Crippen LogP contribution in [0.2, 0.25) is 0 Å². The maximum atomic E-state index is 13.3. The first kappa shape index (κ1) is 41.8. The molecule has 0 unspecified atom stereocenters. The van der Waals surface area contributed by atoms with Crippen molar-refractivity contribution in [3.05, 3.63) is 35.9 Å². The van der Waals surface area contributed by atoms with Gasteiger partial charge < -0.3 is 47.6 Å². The van der Waals surface area contributed by atoms with Crippen LogP contribution in [0.15, 0.2) is 30.3 Å². The molecule has 0 aromatic heterocycles. The monoisotopic (exact) mass is 696 g/mol. The van der Waals surface area contributed by atoms with Crippen LogP contribution in [0.5, 0.6) is 0 Å². The lowest BCUT2D eigenvalue weighted by Gasteiger charge is -2.26. The van der Waals surface area contributed by atoms with Gasteiger partial charge in [-0.15, -0.1) is 0 Å². The van der Waals surface area contributed by atoms with Gasteiger partial charge in [-0.25, -0.2) is 4.79 Å². The Morgan fingerprint density at radius 2 is 1.25 bits per heavy atom. The molecule has 17 heteroatoms. The topological polar surface area (TPSA) is 266 Å². The van der Waals surface area contributed by atoms with E-state index in [1.165, 1.54) is 18.7 Å². The standard InChI is InChI=1S/C31H48N6O10S/c1-17(2)14-20(32)27(42)34-22(12-13-48-4)29(44)35-21(10-11-25(39)40)28(43)33-18(3)26(41)36-23(15-19-8-6-5-7-9-19)30(45)37-24(16-38)31(46)47/h5-9,17-18,20-24,38H,10-16,32H2,1-4H3,(H,33,43)(H,34,42)(H,35,44)(H,36,41)(H,37,45)(H,39,40)(H,46,47)/t18-,20-,21-,22-,23-,24-/m0/s1. The van der Waals surface area contributed by atoms with Gasteiger partial charge in [0.15, 0.2) is 0 Å². The van der Waals surface area contributed by atoms with Gasteiger partial charge in [-0.1, -0.05) is 44.2 Å². The summed E-state index contributed by atoms with van der Waals surface area (Å²) in [6.45, 7) is 4.19. The number of carbonyl (C=O) groups is 7. The molecule has 1 aromatic carbocycles. The van der Waals surface area contributed by atoms with Gasteiger partial charge in [-0.3, -0.25) is 28.8 Å². The minimum atomic E-state index is -1.63. The van der Waals surface area contributed by atoms with Crippen molar-refractivity contribution < 1.29 is 48.9 Å². The molecule has 0 spiro atoms. The van der Waals surface area contributed by atoms with Crippen LogP contribution >= 0.6 is 11.8 Å². The van der Waals surface area contributed by atoms with Crippen LogP contribution in [0, 0.1) is 5.92 Å². The summed E-state index contributed by atoms with van der Waals surface area (Å²) in [7, 11) is 0. The second-order valence-corrected chi connectivity index (χ2v) is 12.6. The molecule has 10 N–H and O–H groups in total. The zero-order chi connectivity index (χ0) is 36.4. The van der Waals surface area contributed by atoms with Crippen molar-refractivity contribution in [3.8, 4) is 0 Å². The summed E-state index contributed by atoms with van der Waals surface area (Å²) in [5.41, 5.74) is 6.59. The Hall–Kier alpha value is -4.22. The summed E-state index contributed by atoms with van der Waals surface area (Å²) in [6.07, 6.45) is 1.48. The van der Waals surface area contributed by atoms with E-state index < -0.39 is 90.8 Å². The largest absolute Gasteiger partial charge is 0.481 e. The molecule has 48 heavy (non-hydrogen) atoms. The Morgan fingerprint density at radius 1 is 0.729 bits per heavy atom. The number of carboxylic acid groups (broad SMARTS) is 2. The molecular formula is C31H48N6O10S. The number of nitrogens with one attached hydrogen (secondary N) is 5. The third-order valence-electron chi connectivity index (χ3n) is 7.05. The first-order valence-corrected chi connectivity index (χ1v) is 16.8. The summed E-state index contributed by atoms with van der Waals surface area (Å²) in [4.78, 5) is 88.0. The Kier molecular flexibility index (Phi) is 18.8. The Balaban J connectivity index is 3.11. The fourth-order valence-corrected chi connectivity index (χ4v) is 4.87. The number of carboxylic acids is 2.